The van der Waals surface area contributed by atoms with Gasteiger partial charge in [-0.3, -0.25) is 0 Å². The highest BCUT2D eigenvalue weighted by Crippen LogP contribution is 2.27. The molecule has 0 bridgehead atoms. The van der Waals surface area contributed by atoms with Gasteiger partial charge in [0.2, 0.25) is 0 Å². The zero-order valence-electron chi connectivity index (χ0n) is 9.43. The van der Waals surface area contributed by atoms with Gasteiger partial charge in [0.25, 0.3) is 0 Å². The quantitative estimate of drug-likeness (QED) is 0.580. The smallest absolute Gasteiger partial charge is 0.0105 e. The molecule has 17 heavy (non-hydrogen) atoms. The largest absolute Gasteiger partial charge is 0.197 e. The van der Waals surface area contributed by atoms with Crippen molar-refractivity contribution in [1.29, 1.82) is 0 Å². The van der Waals surface area contributed by atoms with Gasteiger partial charge in [-0.25, -0.2) is 0 Å². The predicted octanol–water partition coefficient (Wildman–Crippen LogP) is 4.62. The van der Waals surface area contributed by atoms with Gasteiger partial charge in [0.05, 0.1) is 0 Å². The van der Waals surface area contributed by atoms with E-state index in [0.717, 1.165) is 0 Å². The molecule has 0 fully saturated rings. The average molecular weight is 238 g/mol. The van der Waals surface area contributed by atoms with Gasteiger partial charge in [-0.2, -0.15) is 13.5 Å². The molecule has 0 atom stereocenters. The Bertz CT molecular complexity index is 609. The van der Waals surface area contributed by atoms with Crippen molar-refractivity contribution in [1.82, 2.24) is 0 Å². The summed E-state index contributed by atoms with van der Waals surface area (Å²) in [6.07, 6.45) is 0. The molecule has 1 heteroatoms. The van der Waals surface area contributed by atoms with Gasteiger partial charge in [-0.15, -0.1) is 0 Å². The fourth-order valence-corrected chi connectivity index (χ4v) is 2.09. The molecule has 0 saturated heterocycles. The summed E-state index contributed by atoms with van der Waals surface area (Å²) in [7, 11) is 0. The van der Waals surface area contributed by atoms with E-state index in [1.54, 1.807) is 0 Å². The normalized spacial score (nSPS) is 9.88. The number of benzene rings is 3. The van der Waals surface area contributed by atoms with E-state index in [-0.39, 0.29) is 13.5 Å². The van der Waals surface area contributed by atoms with Gasteiger partial charge in [-0.1, -0.05) is 72.8 Å². The van der Waals surface area contributed by atoms with Gasteiger partial charge < -0.3 is 0 Å². The fourth-order valence-electron chi connectivity index (χ4n) is 2.09. The van der Waals surface area contributed by atoms with E-state index in [1.165, 1.54) is 21.9 Å². The van der Waals surface area contributed by atoms with E-state index in [1.807, 2.05) is 0 Å². The van der Waals surface area contributed by atoms with Gasteiger partial charge in [-0.05, 0) is 21.9 Å². The Morgan fingerprint density at radius 2 is 1.18 bits per heavy atom. The van der Waals surface area contributed by atoms with Crippen molar-refractivity contribution in [2.45, 2.75) is 0 Å². The molecular weight excluding hydrogens is 224 g/mol. The SMILES string of the molecule is S.c1ccc(-c2cccc3ccccc23)cc1. The first kappa shape index (κ1) is 11.7. The lowest BCUT2D eigenvalue weighted by Gasteiger charge is -2.06. The molecule has 3 aromatic rings. The molecule has 0 N–H and O–H groups in total. The Hall–Kier alpha value is -1.73. The zero-order chi connectivity index (χ0) is 10.8. The van der Waals surface area contributed by atoms with Crippen LogP contribution in [0.3, 0.4) is 0 Å². The predicted molar refractivity (Wildman–Crippen MR) is 79.8 cm³/mol. The van der Waals surface area contributed by atoms with Gasteiger partial charge in [0.1, 0.15) is 0 Å². The Labute approximate surface area is 108 Å². The van der Waals surface area contributed by atoms with Crippen molar-refractivity contribution in [3.8, 4) is 11.1 Å². The minimum atomic E-state index is 0. The molecule has 0 amide bonds. The van der Waals surface area contributed by atoms with Crippen LogP contribution in [0.15, 0.2) is 72.8 Å². The summed E-state index contributed by atoms with van der Waals surface area (Å²) in [5.41, 5.74) is 2.58. The first-order valence-corrected chi connectivity index (χ1v) is 5.48. The highest BCUT2D eigenvalue weighted by Gasteiger charge is 2.01. The molecule has 0 spiro atoms. The van der Waals surface area contributed by atoms with Crippen LogP contribution in [0.25, 0.3) is 21.9 Å². The van der Waals surface area contributed by atoms with E-state index in [2.05, 4.69) is 72.8 Å². The number of hydrogen-bond donors (Lipinski definition) is 0. The molecule has 3 aromatic carbocycles. The molecule has 3 rings (SSSR count). The van der Waals surface area contributed by atoms with E-state index in [9.17, 15) is 0 Å². The van der Waals surface area contributed by atoms with E-state index in [0.29, 0.717) is 0 Å². The van der Waals surface area contributed by atoms with Crippen LogP contribution in [-0.4, -0.2) is 0 Å². The van der Waals surface area contributed by atoms with E-state index in [4.69, 9.17) is 0 Å². The zero-order valence-corrected chi connectivity index (χ0v) is 10.4. The second kappa shape index (κ2) is 5.07. The maximum atomic E-state index is 2.18. The molecule has 0 nitrogen and oxygen atoms in total. The summed E-state index contributed by atoms with van der Waals surface area (Å²) in [6.45, 7) is 0. The Balaban J connectivity index is 0.00000108. The van der Waals surface area contributed by atoms with Crippen molar-refractivity contribution < 1.29 is 0 Å². The van der Waals surface area contributed by atoms with Crippen LogP contribution in [0.2, 0.25) is 0 Å². The van der Waals surface area contributed by atoms with E-state index < -0.39 is 0 Å². The average Bonchev–Trinajstić information content (AvgIpc) is 2.39. The standard InChI is InChI=1S/C16H12.H2S/c1-2-7-13(8-3-1)16-12-6-10-14-9-4-5-11-15(14)16;/h1-12H;1H2. The lowest BCUT2D eigenvalue weighted by atomic mass is 9.98. The Morgan fingerprint density at radius 3 is 2.00 bits per heavy atom. The fraction of sp³-hybridized carbons (Fsp3) is 0. The molecular formula is C16H14S. The highest BCUT2D eigenvalue weighted by atomic mass is 32.1. The third-order valence-electron chi connectivity index (χ3n) is 2.87. The van der Waals surface area contributed by atoms with Crippen LogP contribution >= 0.6 is 13.5 Å². The van der Waals surface area contributed by atoms with Gasteiger partial charge in [0.15, 0.2) is 0 Å². The summed E-state index contributed by atoms with van der Waals surface area (Å²) in [6, 6.07) is 25.5. The highest BCUT2D eigenvalue weighted by molar-refractivity contribution is 7.59. The third-order valence-corrected chi connectivity index (χ3v) is 2.87. The maximum Gasteiger partial charge on any atom is -0.0105 e. The number of fused-ring (bicyclic) bond motifs is 1. The number of hydrogen-bond acceptors (Lipinski definition) is 0. The van der Waals surface area contributed by atoms with Crippen LogP contribution in [0.5, 0.6) is 0 Å². The Kier molecular flexibility index (Phi) is 3.50. The van der Waals surface area contributed by atoms with E-state index >= 15 is 0 Å². The van der Waals surface area contributed by atoms with Crippen LogP contribution < -0.4 is 0 Å². The molecule has 0 saturated carbocycles. The molecule has 84 valence electrons. The molecule has 0 aliphatic rings. The first-order chi connectivity index (χ1) is 7.95. The second-order valence-electron chi connectivity index (χ2n) is 3.89. The number of rotatable bonds is 1. The van der Waals surface area contributed by atoms with Crippen molar-refractivity contribution in [3.63, 3.8) is 0 Å². The van der Waals surface area contributed by atoms with Crippen molar-refractivity contribution in [2.24, 2.45) is 0 Å². The summed E-state index contributed by atoms with van der Waals surface area (Å²) in [5.74, 6) is 0. The summed E-state index contributed by atoms with van der Waals surface area (Å²) < 4.78 is 0. The lowest BCUT2D eigenvalue weighted by Crippen LogP contribution is -1.79. The van der Waals surface area contributed by atoms with Crippen molar-refractivity contribution in [2.75, 3.05) is 0 Å². The molecule has 0 radical (unpaired) electrons. The third kappa shape index (κ3) is 2.20. The molecule has 0 aliphatic heterocycles. The minimum Gasteiger partial charge on any atom is -0.197 e. The van der Waals surface area contributed by atoms with Crippen LogP contribution in [0.4, 0.5) is 0 Å². The Morgan fingerprint density at radius 1 is 0.529 bits per heavy atom. The molecule has 0 aliphatic carbocycles. The molecule has 0 aromatic heterocycles. The lowest BCUT2D eigenvalue weighted by molar-refractivity contribution is 1.65. The van der Waals surface area contributed by atoms with Gasteiger partial charge in [0, 0.05) is 0 Å². The first-order valence-electron chi connectivity index (χ1n) is 5.48. The molecule has 0 heterocycles. The second-order valence-corrected chi connectivity index (χ2v) is 3.89. The van der Waals surface area contributed by atoms with Crippen LogP contribution in [0.1, 0.15) is 0 Å². The summed E-state index contributed by atoms with van der Waals surface area (Å²) in [4.78, 5) is 0. The molecule has 0 unspecified atom stereocenters. The van der Waals surface area contributed by atoms with Crippen LogP contribution in [-0.2, 0) is 0 Å². The minimum absolute atomic E-state index is 0. The summed E-state index contributed by atoms with van der Waals surface area (Å²) in [5, 5.41) is 2.61. The topological polar surface area (TPSA) is 0 Å². The maximum absolute atomic E-state index is 2.18. The van der Waals surface area contributed by atoms with Gasteiger partial charge >= 0.3 is 0 Å². The van der Waals surface area contributed by atoms with Crippen LogP contribution in [0, 0.1) is 0 Å². The van der Waals surface area contributed by atoms with Crippen molar-refractivity contribution in [3.05, 3.63) is 72.8 Å². The van der Waals surface area contributed by atoms with Crippen molar-refractivity contribution >= 4 is 24.3 Å². The summed E-state index contributed by atoms with van der Waals surface area (Å²) >= 11 is 0. The monoisotopic (exact) mass is 238 g/mol.